The summed E-state index contributed by atoms with van der Waals surface area (Å²) >= 11 is 0. The van der Waals surface area contributed by atoms with Crippen molar-refractivity contribution < 1.29 is 22.7 Å². The summed E-state index contributed by atoms with van der Waals surface area (Å²) in [6, 6.07) is -0.188. The third-order valence-corrected chi connectivity index (χ3v) is 2.11. The first-order chi connectivity index (χ1) is 7.26. The van der Waals surface area contributed by atoms with Gasteiger partial charge in [-0.1, -0.05) is 6.92 Å². The predicted octanol–water partition coefficient (Wildman–Crippen LogP) is 0.665. The average Bonchev–Trinajstić information content (AvgIpc) is 2.14. The van der Waals surface area contributed by atoms with Crippen LogP contribution in [0.3, 0.4) is 0 Å². The van der Waals surface area contributed by atoms with Crippen molar-refractivity contribution in [1.29, 1.82) is 0 Å². The second-order valence-corrected chi connectivity index (χ2v) is 3.68. The highest BCUT2D eigenvalue weighted by atomic mass is 19.4. The van der Waals surface area contributed by atoms with Crippen LogP contribution >= 0.6 is 0 Å². The van der Waals surface area contributed by atoms with Gasteiger partial charge >= 0.3 is 6.18 Å². The molecule has 4 nitrogen and oxygen atoms in total. The van der Waals surface area contributed by atoms with Gasteiger partial charge in [-0.2, -0.15) is 13.2 Å². The minimum atomic E-state index is -4.41. The molecular formula is C9H17F3N2O2. The van der Waals surface area contributed by atoms with Crippen LogP contribution < -0.4 is 11.1 Å². The Morgan fingerprint density at radius 2 is 2.00 bits per heavy atom. The third kappa shape index (κ3) is 7.47. The molecule has 2 atom stereocenters. The fourth-order valence-electron chi connectivity index (χ4n) is 0.901. The molecule has 0 rings (SSSR count). The summed E-state index contributed by atoms with van der Waals surface area (Å²) < 4.78 is 39.2. The second-order valence-electron chi connectivity index (χ2n) is 3.68. The fraction of sp³-hybridized carbons (Fsp3) is 0.889. The lowest BCUT2D eigenvalue weighted by Crippen LogP contribution is -2.41. The lowest BCUT2D eigenvalue weighted by atomic mass is 10.0. The number of carbonyl (C=O) groups excluding carboxylic acids is 1. The van der Waals surface area contributed by atoms with E-state index < -0.39 is 25.3 Å². The van der Waals surface area contributed by atoms with E-state index in [1.807, 2.05) is 6.92 Å². The zero-order chi connectivity index (χ0) is 12.8. The van der Waals surface area contributed by atoms with Crippen molar-refractivity contribution in [3.05, 3.63) is 0 Å². The summed E-state index contributed by atoms with van der Waals surface area (Å²) in [4.78, 5) is 11.1. The molecule has 0 aliphatic carbocycles. The first kappa shape index (κ1) is 15.2. The standard InChI is InChI=1S/C9H17F3N2O2/c1-6(3-13)7(2)14-8(15)4-16-5-9(10,11)12/h6-7H,3-5,13H2,1-2H3,(H,14,15). The number of carbonyl (C=O) groups is 1. The number of rotatable bonds is 6. The Bertz CT molecular complexity index is 221. The SMILES string of the molecule is CC(CN)C(C)NC(=O)COCC(F)(F)F. The van der Waals surface area contributed by atoms with E-state index in [9.17, 15) is 18.0 Å². The van der Waals surface area contributed by atoms with E-state index in [1.54, 1.807) is 6.92 Å². The quantitative estimate of drug-likeness (QED) is 0.719. The molecule has 0 bridgehead atoms. The van der Waals surface area contributed by atoms with Gasteiger partial charge in [0.2, 0.25) is 5.91 Å². The van der Waals surface area contributed by atoms with Crippen LogP contribution in [-0.2, 0) is 9.53 Å². The van der Waals surface area contributed by atoms with Crippen LogP contribution in [0.1, 0.15) is 13.8 Å². The summed E-state index contributed by atoms with van der Waals surface area (Å²) in [5.41, 5.74) is 5.37. The first-order valence-corrected chi connectivity index (χ1v) is 4.90. The van der Waals surface area contributed by atoms with Gasteiger partial charge in [-0.3, -0.25) is 4.79 Å². The van der Waals surface area contributed by atoms with Crippen molar-refractivity contribution in [1.82, 2.24) is 5.32 Å². The van der Waals surface area contributed by atoms with E-state index in [4.69, 9.17) is 5.73 Å². The van der Waals surface area contributed by atoms with Crippen molar-refractivity contribution in [3.63, 3.8) is 0 Å². The van der Waals surface area contributed by atoms with Gasteiger partial charge in [0.25, 0.3) is 0 Å². The number of ether oxygens (including phenoxy) is 1. The molecule has 0 fully saturated rings. The number of amides is 1. The average molecular weight is 242 g/mol. The number of nitrogens with two attached hydrogens (primary N) is 1. The Hall–Kier alpha value is -0.820. The molecule has 3 N–H and O–H groups in total. The van der Waals surface area contributed by atoms with Crippen molar-refractivity contribution in [2.24, 2.45) is 11.7 Å². The number of halogens is 3. The lowest BCUT2D eigenvalue weighted by molar-refractivity contribution is -0.175. The normalized spacial score (nSPS) is 15.6. The van der Waals surface area contributed by atoms with Gasteiger partial charge in [-0.05, 0) is 19.4 Å². The monoisotopic (exact) mass is 242 g/mol. The number of hydrogen-bond acceptors (Lipinski definition) is 3. The van der Waals surface area contributed by atoms with Gasteiger partial charge in [0.05, 0.1) is 0 Å². The van der Waals surface area contributed by atoms with E-state index in [2.05, 4.69) is 10.1 Å². The molecule has 0 saturated carbocycles. The Balaban J connectivity index is 3.75. The lowest BCUT2D eigenvalue weighted by Gasteiger charge is -2.19. The molecule has 0 heterocycles. The maximum Gasteiger partial charge on any atom is 0.411 e. The molecule has 7 heteroatoms. The van der Waals surface area contributed by atoms with Gasteiger partial charge in [-0.15, -0.1) is 0 Å². The summed E-state index contributed by atoms with van der Waals surface area (Å²) in [6.07, 6.45) is -4.41. The minimum absolute atomic E-state index is 0.0616. The maximum atomic E-state index is 11.7. The van der Waals surface area contributed by atoms with Crippen LogP contribution in [0.25, 0.3) is 0 Å². The Labute approximate surface area is 92.3 Å². The molecule has 0 aromatic carbocycles. The summed E-state index contributed by atoms with van der Waals surface area (Å²) in [5, 5.41) is 2.51. The van der Waals surface area contributed by atoms with Crippen molar-refractivity contribution in [3.8, 4) is 0 Å². The number of hydrogen-bond donors (Lipinski definition) is 2. The summed E-state index contributed by atoms with van der Waals surface area (Å²) in [5.74, 6) is -0.511. The predicted molar refractivity (Wildman–Crippen MR) is 52.7 cm³/mol. The van der Waals surface area contributed by atoms with Crippen LogP contribution in [-0.4, -0.2) is 37.9 Å². The molecule has 1 amide bonds. The summed E-state index contributed by atoms with van der Waals surface area (Å²) in [6.45, 7) is 1.95. The molecule has 0 saturated heterocycles. The first-order valence-electron chi connectivity index (χ1n) is 4.90. The van der Waals surface area contributed by atoms with Crippen LogP contribution in [0.5, 0.6) is 0 Å². The molecule has 0 radical (unpaired) electrons. The molecular weight excluding hydrogens is 225 g/mol. The van der Waals surface area contributed by atoms with Gasteiger partial charge in [-0.25, -0.2) is 0 Å². The number of alkyl halides is 3. The Morgan fingerprint density at radius 3 is 2.44 bits per heavy atom. The van der Waals surface area contributed by atoms with Gasteiger partial charge < -0.3 is 15.8 Å². The summed E-state index contributed by atoms with van der Waals surface area (Å²) in [7, 11) is 0. The number of nitrogens with one attached hydrogen (secondary N) is 1. The van der Waals surface area contributed by atoms with Crippen LogP contribution in [0.4, 0.5) is 13.2 Å². The fourth-order valence-corrected chi connectivity index (χ4v) is 0.901. The van der Waals surface area contributed by atoms with Crippen molar-refractivity contribution in [2.75, 3.05) is 19.8 Å². The maximum absolute atomic E-state index is 11.7. The highest BCUT2D eigenvalue weighted by Crippen LogP contribution is 2.14. The third-order valence-electron chi connectivity index (χ3n) is 2.11. The molecule has 2 unspecified atom stereocenters. The highest BCUT2D eigenvalue weighted by Gasteiger charge is 2.27. The van der Waals surface area contributed by atoms with E-state index >= 15 is 0 Å². The Kier molecular flexibility index (Phi) is 6.35. The topological polar surface area (TPSA) is 64.3 Å². The largest absolute Gasteiger partial charge is 0.411 e. The zero-order valence-electron chi connectivity index (χ0n) is 9.30. The molecule has 0 aromatic heterocycles. The van der Waals surface area contributed by atoms with E-state index in [1.165, 1.54) is 0 Å². The smallest absolute Gasteiger partial charge is 0.362 e. The molecule has 16 heavy (non-hydrogen) atoms. The molecule has 0 aromatic rings. The van der Waals surface area contributed by atoms with Crippen LogP contribution in [0, 0.1) is 5.92 Å². The van der Waals surface area contributed by atoms with Crippen molar-refractivity contribution in [2.45, 2.75) is 26.1 Å². The van der Waals surface area contributed by atoms with E-state index in [0.717, 1.165) is 0 Å². The van der Waals surface area contributed by atoms with Crippen LogP contribution in [0.15, 0.2) is 0 Å². The van der Waals surface area contributed by atoms with Gasteiger partial charge in [0.1, 0.15) is 13.2 Å². The molecule has 0 spiro atoms. The highest BCUT2D eigenvalue weighted by molar-refractivity contribution is 5.77. The van der Waals surface area contributed by atoms with Gasteiger partial charge in [0, 0.05) is 6.04 Å². The van der Waals surface area contributed by atoms with E-state index in [-0.39, 0.29) is 12.0 Å². The molecule has 0 aliphatic heterocycles. The Morgan fingerprint density at radius 1 is 1.44 bits per heavy atom. The van der Waals surface area contributed by atoms with Crippen LogP contribution in [0.2, 0.25) is 0 Å². The van der Waals surface area contributed by atoms with Crippen molar-refractivity contribution >= 4 is 5.91 Å². The zero-order valence-corrected chi connectivity index (χ0v) is 9.30. The molecule has 96 valence electrons. The van der Waals surface area contributed by atoms with E-state index in [0.29, 0.717) is 6.54 Å². The molecule has 0 aliphatic rings. The minimum Gasteiger partial charge on any atom is -0.362 e. The van der Waals surface area contributed by atoms with Gasteiger partial charge in [0.15, 0.2) is 0 Å². The second kappa shape index (κ2) is 6.70.